The molecule has 2 rings (SSSR count). The molecule has 0 aliphatic carbocycles. The standard InChI is InChI=1S/C14H18FN3S/c1-3-4-5-13(11-6-8-12(15)9-7-11)16-14-18-17-10(2)19-14/h6-9,13H,3-5H2,1-2H3,(H,16,18). The molecular formula is C14H18FN3S. The SMILES string of the molecule is CCCCC(Nc1nnc(C)s1)c1ccc(F)cc1. The van der Waals surface area contributed by atoms with E-state index in [0.29, 0.717) is 0 Å². The third-order valence-corrected chi connectivity index (χ3v) is 3.71. The van der Waals surface area contributed by atoms with E-state index in [1.54, 1.807) is 0 Å². The molecule has 0 bridgehead atoms. The number of benzene rings is 1. The molecule has 0 saturated carbocycles. The van der Waals surface area contributed by atoms with E-state index in [1.165, 1.54) is 23.5 Å². The van der Waals surface area contributed by atoms with E-state index < -0.39 is 0 Å². The van der Waals surface area contributed by atoms with Crippen molar-refractivity contribution in [1.29, 1.82) is 0 Å². The fraction of sp³-hybridized carbons (Fsp3) is 0.429. The van der Waals surface area contributed by atoms with Crippen LogP contribution in [0.4, 0.5) is 9.52 Å². The first-order chi connectivity index (χ1) is 9.19. The van der Waals surface area contributed by atoms with Crippen LogP contribution in [0, 0.1) is 12.7 Å². The van der Waals surface area contributed by atoms with Gasteiger partial charge in [-0.3, -0.25) is 0 Å². The van der Waals surface area contributed by atoms with Gasteiger partial charge in [0.1, 0.15) is 10.8 Å². The van der Waals surface area contributed by atoms with Crippen molar-refractivity contribution in [2.24, 2.45) is 0 Å². The van der Waals surface area contributed by atoms with Gasteiger partial charge in [-0.05, 0) is 31.0 Å². The molecular weight excluding hydrogens is 261 g/mol. The summed E-state index contributed by atoms with van der Waals surface area (Å²) in [5, 5.41) is 13.2. The van der Waals surface area contributed by atoms with Crippen LogP contribution in [0.5, 0.6) is 0 Å². The van der Waals surface area contributed by atoms with E-state index in [4.69, 9.17) is 0 Å². The predicted octanol–water partition coefficient (Wildman–Crippen LogP) is 4.33. The molecule has 1 heterocycles. The maximum Gasteiger partial charge on any atom is 0.206 e. The quantitative estimate of drug-likeness (QED) is 0.855. The van der Waals surface area contributed by atoms with Crippen LogP contribution in [0.2, 0.25) is 0 Å². The number of nitrogens with one attached hydrogen (secondary N) is 1. The Bertz CT molecular complexity index is 510. The molecule has 2 aromatic rings. The molecule has 1 atom stereocenters. The molecule has 1 aromatic heterocycles. The van der Waals surface area contributed by atoms with Gasteiger partial charge in [0.2, 0.25) is 5.13 Å². The Morgan fingerprint density at radius 1 is 1.26 bits per heavy atom. The van der Waals surface area contributed by atoms with Crippen LogP contribution in [0.15, 0.2) is 24.3 Å². The molecule has 0 amide bonds. The first-order valence-corrected chi connectivity index (χ1v) is 7.33. The van der Waals surface area contributed by atoms with E-state index in [9.17, 15) is 4.39 Å². The number of nitrogens with zero attached hydrogens (tertiary/aromatic N) is 2. The van der Waals surface area contributed by atoms with Crippen LogP contribution in [0.3, 0.4) is 0 Å². The van der Waals surface area contributed by atoms with Crippen molar-refractivity contribution >= 4 is 16.5 Å². The molecule has 0 saturated heterocycles. The van der Waals surface area contributed by atoms with Crippen LogP contribution in [-0.2, 0) is 0 Å². The summed E-state index contributed by atoms with van der Waals surface area (Å²) in [7, 11) is 0. The molecule has 19 heavy (non-hydrogen) atoms. The number of hydrogen-bond donors (Lipinski definition) is 1. The highest BCUT2D eigenvalue weighted by molar-refractivity contribution is 7.15. The highest BCUT2D eigenvalue weighted by Crippen LogP contribution is 2.26. The minimum Gasteiger partial charge on any atom is -0.353 e. The molecule has 0 radical (unpaired) electrons. The topological polar surface area (TPSA) is 37.8 Å². The third kappa shape index (κ3) is 3.99. The van der Waals surface area contributed by atoms with Gasteiger partial charge in [-0.2, -0.15) is 0 Å². The lowest BCUT2D eigenvalue weighted by atomic mass is 10.0. The molecule has 0 fully saturated rings. The molecule has 1 N–H and O–H groups in total. The average molecular weight is 279 g/mol. The zero-order chi connectivity index (χ0) is 13.7. The van der Waals surface area contributed by atoms with E-state index in [1.807, 2.05) is 19.1 Å². The van der Waals surface area contributed by atoms with Crippen LogP contribution < -0.4 is 5.32 Å². The molecule has 1 unspecified atom stereocenters. The highest BCUT2D eigenvalue weighted by atomic mass is 32.1. The Morgan fingerprint density at radius 3 is 2.58 bits per heavy atom. The smallest absolute Gasteiger partial charge is 0.206 e. The van der Waals surface area contributed by atoms with Gasteiger partial charge in [0.25, 0.3) is 0 Å². The Labute approximate surface area is 116 Å². The molecule has 0 aliphatic heterocycles. The largest absolute Gasteiger partial charge is 0.353 e. The van der Waals surface area contributed by atoms with Crippen molar-refractivity contribution in [3.05, 3.63) is 40.7 Å². The van der Waals surface area contributed by atoms with Gasteiger partial charge < -0.3 is 5.32 Å². The van der Waals surface area contributed by atoms with Gasteiger partial charge in [-0.1, -0.05) is 43.2 Å². The van der Waals surface area contributed by atoms with E-state index in [0.717, 1.165) is 35.0 Å². The Hall–Kier alpha value is -1.49. The van der Waals surface area contributed by atoms with Gasteiger partial charge in [-0.25, -0.2) is 4.39 Å². The summed E-state index contributed by atoms with van der Waals surface area (Å²) in [6.07, 6.45) is 3.25. The zero-order valence-electron chi connectivity index (χ0n) is 11.2. The number of aryl methyl sites for hydroxylation is 1. The van der Waals surface area contributed by atoms with E-state index >= 15 is 0 Å². The number of anilines is 1. The minimum atomic E-state index is -0.204. The molecule has 0 spiro atoms. The minimum absolute atomic E-state index is 0.160. The second-order valence-corrected chi connectivity index (χ2v) is 5.70. The van der Waals surface area contributed by atoms with Gasteiger partial charge in [-0.15, -0.1) is 10.2 Å². The molecule has 102 valence electrons. The van der Waals surface area contributed by atoms with E-state index in [2.05, 4.69) is 22.4 Å². The number of rotatable bonds is 6. The Balaban J connectivity index is 2.13. The lowest BCUT2D eigenvalue weighted by Crippen LogP contribution is -2.10. The summed E-state index contributed by atoms with van der Waals surface area (Å²) in [6, 6.07) is 6.82. The number of hydrogen-bond acceptors (Lipinski definition) is 4. The molecule has 5 heteroatoms. The average Bonchev–Trinajstić information content (AvgIpc) is 2.81. The van der Waals surface area contributed by atoms with Crippen LogP contribution >= 0.6 is 11.3 Å². The summed E-state index contributed by atoms with van der Waals surface area (Å²) >= 11 is 1.54. The van der Waals surface area contributed by atoms with Crippen molar-refractivity contribution in [2.45, 2.75) is 39.2 Å². The van der Waals surface area contributed by atoms with Crippen molar-refractivity contribution in [1.82, 2.24) is 10.2 Å². The summed E-state index contributed by atoms with van der Waals surface area (Å²) < 4.78 is 13.0. The van der Waals surface area contributed by atoms with Gasteiger partial charge in [0.05, 0.1) is 6.04 Å². The van der Waals surface area contributed by atoms with Crippen molar-refractivity contribution in [3.63, 3.8) is 0 Å². The summed E-state index contributed by atoms with van der Waals surface area (Å²) in [5.74, 6) is -0.204. The number of halogens is 1. The second kappa shape index (κ2) is 6.61. The fourth-order valence-corrected chi connectivity index (χ4v) is 2.57. The molecule has 0 aliphatic rings. The van der Waals surface area contributed by atoms with Crippen molar-refractivity contribution in [3.8, 4) is 0 Å². The fourth-order valence-electron chi connectivity index (χ4n) is 1.93. The lowest BCUT2D eigenvalue weighted by molar-refractivity contribution is 0.616. The maximum absolute atomic E-state index is 13.0. The number of aromatic nitrogens is 2. The molecule has 3 nitrogen and oxygen atoms in total. The predicted molar refractivity (Wildman–Crippen MR) is 76.9 cm³/mol. The van der Waals surface area contributed by atoms with E-state index in [-0.39, 0.29) is 11.9 Å². The normalized spacial score (nSPS) is 12.4. The summed E-state index contributed by atoms with van der Waals surface area (Å²) in [4.78, 5) is 0. The zero-order valence-corrected chi connectivity index (χ0v) is 12.0. The third-order valence-electron chi connectivity index (χ3n) is 2.94. The van der Waals surface area contributed by atoms with Crippen LogP contribution in [0.25, 0.3) is 0 Å². The number of unbranched alkanes of at least 4 members (excludes halogenated alkanes) is 1. The van der Waals surface area contributed by atoms with Crippen LogP contribution in [-0.4, -0.2) is 10.2 Å². The van der Waals surface area contributed by atoms with Crippen molar-refractivity contribution in [2.75, 3.05) is 5.32 Å². The van der Waals surface area contributed by atoms with Gasteiger partial charge >= 0.3 is 0 Å². The van der Waals surface area contributed by atoms with Crippen molar-refractivity contribution < 1.29 is 4.39 Å². The summed E-state index contributed by atoms with van der Waals surface area (Å²) in [6.45, 7) is 4.10. The first kappa shape index (κ1) is 13.9. The Morgan fingerprint density at radius 2 is 2.00 bits per heavy atom. The summed E-state index contributed by atoms with van der Waals surface area (Å²) in [5.41, 5.74) is 1.09. The monoisotopic (exact) mass is 279 g/mol. The Kier molecular flexibility index (Phi) is 4.85. The highest BCUT2D eigenvalue weighted by Gasteiger charge is 2.13. The lowest BCUT2D eigenvalue weighted by Gasteiger charge is -2.18. The maximum atomic E-state index is 13.0. The first-order valence-electron chi connectivity index (χ1n) is 6.51. The van der Waals surface area contributed by atoms with Gasteiger partial charge in [0.15, 0.2) is 0 Å². The second-order valence-electron chi connectivity index (χ2n) is 4.52. The van der Waals surface area contributed by atoms with Gasteiger partial charge in [0, 0.05) is 0 Å². The molecule has 1 aromatic carbocycles. The van der Waals surface area contributed by atoms with Crippen LogP contribution in [0.1, 0.15) is 42.8 Å².